The van der Waals surface area contributed by atoms with Gasteiger partial charge in [0, 0.05) is 0 Å². The number of phosphoric ester groups is 1. The first-order valence-corrected chi connectivity index (χ1v) is 27.2. The van der Waals surface area contributed by atoms with E-state index in [1.807, 2.05) is 0 Å². The molecule has 5 aliphatic heterocycles. The van der Waals surface area contributed by atoms with Gasteiger partial charge in [-0.25, -0.2) is 4.57 Å². The summed E-state index contributed by atoms with van der Waals surface area (Å²) in [4.78, 5) is 10.5. The fraction of sp³-hybridized carbons (Fsp3) is 1.00. The van der Waals surface area contributed by atoms with Crippen LogP contribution in [0.25, 0.3) is 0 Å². The van der Waals surface area contributed by atoms with Gasteiger partial charge in [0.1, 0.15) is 153 Å². The van der Waals surface area contributed by atoms with Crippen LogP contribution in [-0.4, -0.2) is 337 Å². The Bertz CT molecular complexity index is 1850. The van der Waals surface area contributed by atoms with Gasteiger partial charge in [0.2, 0.25) is 0 Å². The van der Waals surface area contributed by atoms with Crippen LogP contribution in [0.5, 0.6) is 0 Å². The van der Waals surface area contributed by atoms with E-state index in [9.17, 15) is 106 Å². The lowest BCUT2D eigenvalue weighted by molar-refractivity contribution is -0.396. The standard InChI is InChI=1S/C42H76NO33PS/c43-17-22(52)33(15(10-47)70-38(17)73-34-29(59)25(55)26(56)30(60)35(34)76-77(63,64)66-5-3-1-2-4-6-78)72-40-32(62)24(54)21(51)16(71-40)11-65-41-36(27(57)19(49)13(8-45)68-41)75-42-37(28(58)20(50)14(9-46)69-42)74-39-31(61)23(53)18(48)12(7-44)67-39/h12-42,44-62,78H,1-11,43H2,(H,63,64)/t12-,13-,14-,15-,16-,17-,18-,19-,20-,21-,22-,23+,24+,25-,26-,27+,28+,29+,30-,31+,32+,33-,34-,35-,36+,37+,38-,39-,40-,41+,42-/m1/s1. The highest BCUT2D eigenvalue weighted by atomic mass is 32.1. The number of hydrogen-bond acceptors (Lipinski definition) is 34. The zero-order chi connectivity index (χ0) is 57.7. The lowest BCUT2D eigenvalue weighted by Gasteiger charge is -2.49. The summed E-state index contributed by atoms with van der Waals surface area (Å²) in [5.74, 6) is 0.620. The van der Waals surface area contributed by atoms with Crippen molar-refractivity contribution in [3.8, 4) is 0 Å². The van der Waals surface area contributed by atoms with Gasteiger partial charge in [-0.3, -0.25) is 9.05 Å². The van der Waals surface area contributed by atoms with Gasteiger partial charge in [0.15, 0.2) is 31.5 Å². The van der Waals surface area contributed by atoms with Crippen molar-refractivity contribution in [3.63, 3.8) is 0 Å². The lowest BCUT2D eigenvalue weighted by Crippen LogP contribution is -2.69. The van der Waals surface area contributed by atoms with Crippen LogP contribution in [0.4, 0.5) is 0 Å². The summed E-state index contributed by atoms with van der Waals surface area (Å²) in [5.41, 5.74) is 6.27. The quantitative estimate of drug-likeness (QED) is 0.0242. The van der Waals surface area contributed by atoms with Crippen molar-refractivity contribution in [1.29, 1.82) is 0 Å². The molecule has 458 valence electrons. The van der Waals surface area contributed by atoms with Crippen molar-refractivity contribution >= 4 is 20.5 Å². The molecule has 6 rings (SSSR count). The Balaban J connectivity index is 1.15. The smallest absolute Gasteiger partial charge is 0.394 e. The van der Waals surface area contributed by atoms with Crippen LogP contribution in [0.15, 0.2) is 0 Å². The Kier molecular flexibility index (Phi) is 25.0. The minimum atomic E-state index is -5.10. The normalized spacial score (nSPS) is 49.3. The van der Waals surface area contributed by atoms with Crippen LogP contribution in [0, 0.1) is 0 Å². The molecule has 6 aliphatic rings. The average molecular weight is 1190 g/mol. The molecule has 0 bridgehead atoms. The number of unbranched alkanes of at least 4 members (excludes halogenated alkanes) is 3. The second-order valence-corrected chi connectivity index (χ2v) is 21.5. The molecule has 78 heavy (non-hydrogen) atoms. The molecule has 6 fully saturated rings. The molecular formula is C42H76NO33PS. The van der Waals surface area contributed by atoms with Gasteiger partial charge in [-0.05, 0) is 18.6 Å². The van der Waals surface area contributed by atoms with Crippen LogP contribution in [0.1, 0.15) is 25.7 Å². The van der Waals surface area contributed by atoms with E-state index in [0.717, 1.165) is 12.8 Å². The van der Waals surface area contributed by atoms with Gasteiger partial charge in [-0.1, -0.05) is 12.8 Å². The maximum Gasteiger partial charge on any atom is 0.472 e. The molecule has 0 amide bonds. The molecular weight excluding hydrogens is 1110 g/mol. The third kappa shape index (κ3) is 15.0. The monoisotopic (exact) mass is 1190 g/mol. The number of aliphatic hydroxyl groups excluding tert-OH is 19. The Morgan fingerprint density at radius 2 is 0.782 bits per heavy atom. The van der Waals surface area contributed by atoms with E-state index in [1.54, 1.807) is 0 Å². The molecule has 1 unspecified atom stereocenters. The van der Waals surface area contributed by atoms with Crippen LogP contribution in [0.3, 0.4) is 0 Å². The SMILES string of the molecule is N[C@H]1[C@@H](O[C@@H]2[C@@H](O)[C@H](O)[C@@H](O)[C@@H](O)[C@H]2OP(=O)(O)OCCCCCCS)O[C@H](CO)[C@@H](O[C@H]2O[C@H](CO[C@H]3O[C@H](CO)[C@@H](O)[C@H](O)[C@@H]3O[C@H]3O[C@H](CO)[C@@H](O)[C@H](O)[C@@H]3O[C@H]3O[C@H](CO)[C@@H](O)[C@H](O)[C@@H]3O)[C@@H](O)[C@H](O)[C@@H]2O)[C@@H]1O. The number of hydrogen-bond donors (Lipinski definition) is 22. The molecule has 0 aromatic heterocycles. The molecule has 5 saturated heterocycles. The van der Waals surface area contributed by atoms with Crippen molar-refractivity contribution in [3.05, 3.63) is 0 Å². The van der Waals surface area contributed by atoms with E-state index >= 15 is 0 Å². The first-order chi connectivity index (χ1) is 36.9. The van der Waals surface area contributed by atoms with E-state index in [4.69, 9.17) is 62.1 Å². The Morgan fingerprint density at radius 1 is 0.397 bits per heavy atom. The van der Waals surface area contributed by atoms with Crippen molar-refractivity contribution in [1.82, 2.24) is 0 Å². The summed E-state index contributed by atoms with van der Waals surface area (Å²) < 4.78 is 80.1. The van der Waals surface area contributed by atoms with Gasteiger partial charge >= 0.3 is 7.82 Å². The van der Waals surface area contributed by atoms with Gasteiger partial charge in [-0.2, -0.15) is 12.6 Å². The number of nitrogens with two attached hydrogens (primary N) is 1. The highest BCUT2D eigenvalue weighted by Crippen LogP contribution is 2.48. The molecule has 0 aromatic rings. The molecule has 34 nitrogen and oxygen atoms in total. The third-order valence-electron chi connectivity index (χ3n) is 14.3. The predicted molar refractivity (Wildman–Crippen MR) is 248 cm³/mol. The number of phosphoric acid groups is 1. The maximum atomic E-state index is 13.0. The van der Waals surface area contributed by atoms with Gasteiger partial charge < -0.3 is 155 Å². The molecule has 0 radical (unpaired) electrons. The van der Waals surface area contributed by atoms with E-state index in [2.05, 4.69) is 12.6 Å². The number of rotatable bonds is 24. The zero-order valence-corrected chi connectivity index (χ0v) is 43.2. The highest BCUT2D eigenvalue weighted by molar-refractivity contribution is 7.80. The minimum Gasteiger partial charge on any atom is -0.394 e. The molecule has 1 saturated carbocycles. The first kappa shape index (κ1) is 66.4. The number of aliphatic hydroxyl groups is 19. The number of thiol groups is 1. The van der Waals surface area contributed by atoms with Gasteiger partial charge in [-0.15, -0.1) is 0 Å². The van der Waals surface area contributed by atoms with Crippen molar-refractivity contribution in [2.45, 2.75) is 216 Å². The summed E-state index contributed by atoms with van der Waals surface area (Å²) in [6.07, 6.45) is -57.5. The van der Waals surface area contributed by atoms with E-state index in [1.165, 1.54) is 0 Å². The second-order valence-electron chi connectivity index (χ2n) is 19.6. The summed E-state index contributed by atoms with van der Waals surface area (Å²) in [6.45, 7) is -5.16. The Hall–Kier alpha value is -0.740. The topological polar surface area (TPSA) is 558 Å². The molecule has 1 aliphatic carbocycles. The molecule has 32 atom stereocenters. The van der Waals surface area contributed by atoms with Gasteiger partial charge in [0.05, 0.1) is 45.7 Å². The lowest BCUT2D eigenvalue weighted by atomic mass is 9.84. The average Bonchev–Trinajstić information content (AvgIpc) is 3.46. The summed E-state index contributed by atoms with van der Waals surface area (Å²) >= 11 is 4.12. The van der Waals surface area contributed by atoms with Crippen LogP contribution >= 0.6 is 20.5 Å². The molecule has 22 N–H and O–H groups in total. The fourth-order valence-corrected chi connectivity index (χ4v) is 10.8. The second kappa shape index (κ2) is 29.4. The fourth-order valence-electron chi connectivity index (χ4n) is 9.57. The molecule has 36 heteroatoms. The van der Waals surface area contributed by atoms with E-state index in [0.29, 0.717) is 18.6 Å². The van der Waals surface area contributed by atoms with Gasteiger partial charge in [0.25, 0.3) is 0 Å². The minimum absolute atomic E-state index is 0.292. The summed E-state index contributed by atoms with van der Waals surface area (Å²) in [5, 5.41) is 203. The third-order valence-corrected chi connectivity index (χ3v) is 15.6. The maximum absolute atomic E-state index is 13.0. The Labute approximate surface area is 449 Å². The van der Waals surface area contributed by atoms with Crippen molar-refractivity contribution in [2.24, 2.45) is 5.73 Å². The number of ether oxygens (including phenoxy) is 10. The zero-order valence-electron chi connectivity index (χ0n) is 41.4. The summed E-state index contributed by atoms with van der Waals surface area (Å²) in [7, 11) is -5.10. The van der Waals surface area contributed by atoms with Crippen molar-refractivity contribution < 1.29 is 163 Å². The molecule has 0 spiro atoms. The first-order valence-electron chi connectivity index (χ1n) is 25.0. The van der Waals surface area contributed by atoms with E-state index in [-0.39, 0.29) is 6.61 Å². The summed E-state index contributed by atoms with van der Waals surface area (Å²) in [6, 6.07) is -1.81. The molecule has 5 heterocycles. The van der Waals surface area contributed by atoms with Crippen LogP contribution < -0.4 is 5.73 Å². The predicted octanol–water partition coefficient (Wildman–Crippen LogP) is -12.1. The van der Waals surface area contributed by atoms with Crippen LogP contribution in [-0.2, 0) is 61.0 Å². The molecule has 0 aromatic carbocycles. The Morgan fingerprint density at radius 3 is 1.32 bits per heavy atom. The van der Waals surface area contributed by atoms with Crippen molar-refractivity contribution in [2.75, 3.05) is 45.4 Å². The van der Waals surface area contributed by atoms with E-state index < -0.39 is 231 Å². The largest absolute Gasteiger partial charge is 0.472 e. The van der Waals surface area contributed by atoms with Crippen LogP contribution in [0.2, 0.25) is 0 Å². The highest BCUT2D eigenvalue weighted by Gasteiger charge is 2.58.